The van der Waals surface area contributed by atoms with E-state index in [1.54, 1.807) is 37.5 Å². The maximum absolute atomic E-state index is 11.3. The van der Waals surface area contributed by atoms with Gasteiger partial charge < -0.3 is 14.2 Å². The second kappa shape index (κ2) is 7.71. The minimum Gasteiger partial charge on any atom is -0.497 e. The summed E-state index contributed by atoms with van der Waals surface area (Å²) < 4.78 is 14.0. The van der Waals surface area contributed by atoms with Crippen molar-refractivity contribution in [2.75, 3.05) is 13.7 Å². The Bertz CT molecular complexity index is 473. The molecule has 0 unspecified atom stereocenters. The Morgan fingerprint density at radius 1 is 1.26 bits per heavy atom. The lowest BCUT2D eigenvalue weighted by molar-refractivity contribution is -0.152. The maximum Gasteiger partial charge on any atom is 0.349 e. The third kappa shape index (κ3) is 5.54. The molecule has 0 spiro atoms. The van der Waals surface area contributed by atoms with Gasteiger partial charge in [-0.1, -0.05) is 18.7 Å². The van der Waals surface area contributed by atoms with Gasteiger partial charge in [-0.05, 0) is 23.8 Å². The van der Waals surface area contributed by atoms with Crippen LogP contribution in [0.5, 0.6) is 5.75 Å². The summed E-state index contributed by atoms with van der Waals surface area (Å²) in [6.45, 7) is 2.76. The van der Waals surface area contributed by atoms with Gasteiger partial charge in [0.05, 0.1) is 13.4 Å². The maximum atomic E-state index is 11.3. The molecule has 5 nitrogen and oxygen atoms in total. The first kappa shape index (κ1) is 14.5. The number of carbonyl (C=O) groups is 2. The molecule has 19 heavy (non-hydrogen) atoms. The van der Waals surface area contributed by atoms with Gasteiger partial charge in [-0.25, -0.2) is 9.59 Å². The van der Waals surface area contributed by atoms with Gasteiger partial charge >= 0.3 is 11.9 Å². The minimum absolute atomic E-state index is 0.447. The summed E-state index contributed by atoms with van der Waals surface area (Å²) in [6.07, 6.45) is 3.77. The molecule has 0 aliphatic heterocycles. The van der Waals surface area contributed by atoms with Crippen LogP contribution in [0.1, 0.15) is 5.56 Å². The molecule has 0 fully saturated rings. The van der Waals surface area contributed by atoms with Crippen LogP contribution >= 0.6 is 0 Å². The minimum atomic E-state index is -0.679. The average molecular weight is 262 g/mol. The van der Waals surface area contributed by atoms with Crippen molar-refractivity contribution in [2.24, 2.45) is 0 Å². The van der Waals surface area contributed by atoms with E-state index in [9.17, 15) is 9.59 Å². The van der Waals surface area contributed by atoms with E-state index in [0.29, 0.717) is 0 Å². The number of rotatable bonds is 6. The summed E-state index contributed by atoms with van der Waals surface area (Å²) in [5, 5.41) is 0. The molecule has 0 atom stereocenters. The van der Waals surface area contributed by atoms with E-state index in [-0.39, 0.29) is 0 Å². The van der Waals surface area contributed by atoms with Crippen molar-refractivity contribution in [2.45, 2.75) is 0 Å². The molecule has 0 amide bonds. The SMILES string of the molecule is C=COC(=O)COC(=O)C=Cc1ccc(OC)cc1. The zero-order chi connectivity index (χ0) is 14.1. The van der Waals surface area contributed by atoms with Crippen LogP contribution in [0, 0.1) is 0 Å². The van der Waals surface area contributed by atoms with Gasteiger partial charge in [0.2, 0.25) is 0 Å². The van der Waals surface area contributed by atoms with Crippen LogP contribution in [0.15, 0.2) is 43.2 Å². The van der Waals surface area contributed by atoms with Crippen LogP contribution in [0.2, 0.25) is 0 Å². The number of benzene rings is 1. The number of methoxy groups -OCH3 is 1. The van der Waals surface area contributed by atoms with Gasteiger partial charge in [-0.3, -0.25) is 0 Å². The van der Waals surface area contributed by atoms with E-state index in [0.717, 1.165) is 17.6 Å². The van der Waals surface area contributed by atoms with E-state index >= 15 is 0 Å². The highest BCUT2D eigenvalue weighted by Crippen LogP contribution is 2.12. The van der Waals surface area contributed by atoms with E-state index in [1.165, 1.54) is 6.08 Å². The van der Waals surface area contributed by atoms with Crippen LogP contribution in [0.3, 0.4) is 0 Å². The van der Waals surface area contributed by atoms with Crippen molar-refractivity contribution in [1.82, 2.24) is 0 Å². The lowest BCUT2D eigenvalue weighted by Gasteiger charge is -2.00. The van der Waals surface area contributed by atoms with Crippen LogP contribution in [-0.2, 0) is 19.1 Å². The molecule has 0 bridgehead atoms. The second-order valence-corrected chi connectivity index (χ2v) is 3.37. The molecule has 1 aromatic carbocycles. The summed E-state index contributed by atoms with van der Waals surface area (Å²) in [6, 6.07) is 7.11. The predicted octanol–water partition coefficient (Wildman–Crippen LogP) is 1.94. The Kier molecular flexibility index (Phi) is 5.88. The molecule has 0 aliphatic rings. The van der Waals surface area contributed by atoms with Crippen molar-refractivity contribution in [3.63, 3.8) is 0 Å². The first-order valence-corrected chi connectivity index (χ1v) is 5.45. The number of hydrogen-bond acceptors (Lipinski definition) is 5. The summed E-state index contributed by atoms with van der Waals surface area (Å²) in [7, 11) is 1.57. The highest BCUT2D eigenvalue weighted by Gasteiger charge is 2.04. The molecule has 0 N–H and O–H groups in total. The first-order chi connectivity index (χ1) is 9.15. The van der Waals surface area contributed by atoms with Crippen LogP contribution < -0.4 is 4.74 Å². The monoisotopic (exact) mass is 262 g/mol. The summed E-state index contributed by atoms with van der Waals surface area (Å²) in [4.78, 5) is 22.2. The highest BCUT2D eigenvalue weighted by molar-refractivity contribution is 5.88. The summed E-state index contributed by atoms with van der Waals surface area (Å²) in [5.41, 5.74) is 0.811. The second-order valence-electron chi connectivity index (χ2n) is 3.37. The number of esters is 2. The van der Waals surface area contributed by atoms with Gasteiger partial charge in [0.1, 0.15) is 5.75 Å². The lowest BCUT2D eigenvalue weighted by Crippen LogP contribution is -2.12. The molecule has 0 aromatic heterocycles. The molecule has 0 saturated carbocycles. The summed E-state index contributed by atoms with van der Waals surface area (Å²) in [5.74, 6) is -0.579. The van der Waals surface area contributed by atoms with E-state index in [4.69, 9.17) is 4.74 Å². The van der Waals surface area contributed by atoms with E-state index in [1.807, 2.05) is 0 Å². The molecular formula is C14H14O5. The van der Waals surface area contributed by atoms with Crippen molar-refractivity contribution in [3.8, 4) is 5.75 Å². The van der Waals surface area contributed by atoms with Crippen LogP contribution in [0.25, 0.3) is 6.08 Å². The van der Waals surface area contributed by atoms with Crippen molar-refractivity contribution < 1.29 is 23.8 Å². The Hall–Kier alpha value is -2.56. The molecule has 1 aromatic rings. The van der Waals surface area contributed by atoms with E-state index in [2.05, 4.69) is 16.1 Å². The highest BCUT2D eigenvalue weighted by atomic mass is 16.6. The Morgan fingerprint density at radius 3 is 2.53 bits per heavy atom. The number of carbonyl (C=O) groups excluding carboxylic acids is 2. The quantitative estimate of drug-likeness (QED) is 0.445. The molecule has 1 rings (SSSR count). The molecule has 5 heteroatoms. The third-order valence-electron chi connectivity index (χ3n) is 2.07. The van der Waals surface area contributed by atoms with Gasteiger partial charge in [-0.15, -0.1) is 0 Å². The molecule has 0 heterocycles. The van der Waals surface area contributed by atoms with Crippen molar-refractivity contribution in [3.05, 3.63) is 48.7 Å². The number of hydrogen-bond donors (Lipinski definition) is 0. The fourth-order valence-electron chi connectivity index (χ4n) is 1.18. The van der Waals surface area contributed by atoms with Crippen molar-refractivity contribution >= 4 is 18.0 Å². The molecule has 0 saturated heterocycles. The fraction of sp³-hybridized carbons (Fsp3) is 0.143. The third-order valence-corrected chi connectivity index (χ3v) is 2.07. The smallest absolute Gasteiger partial charge is 0.349 e. The molecule has 0 aliphatic carbocycles. The van der Waals surface area contributed by atoms with Crippen LogP contribution in [-0.4, -0.2) is 25.7 Å². The fourth-order valence-corrected chi connectivity index (χ4v) is 1.18. The number of ether oxygens (including phenoxy) is 3. The van der Waals surface area contributed by atoms with Gasteiger partial charge in [-0.2, -0.15) is 0 Å². The van der Waals surface area contributed by atoms with Gasteiger partial charge in [0.25, 0.3) is 0 Å². The lowest BCUT2D eigenvalue weighted by atomic mass is 10.2. The molecule has 100 valence electrons. The Labute approximate surface area is 111 Å². The zero-order valence-corrected chi connectivity index (χ0v) is 10.5. The topological polar surface area (TPSA) is 61.8 Å². The Balaban J connectivity index is 2.44. The zero-order valence-electron chi connectivity index (χ0n) is 10.5. The van der Waals surface area contributed by atoms with Gasteiger partial charge in [0.15, 0.2) is 6.61 Å². The standard InChI is InChI=1S/C14H14O5/c1-3-18-14(16)10-19-13(15)9-6-11-4-7-12(17-2)8-5-11/h3-9H,1,10H2,2H3. The van der Waals surface area contributed by atoms with Crippen LogP contribution in [0.4, 0.5) is 0 Å². The van der Waals surface area contributed by atoms with Gasteiger partial charge in [0, 0.05) is 6.08 Å². The Morgan fingerprint density at radius 2 is 1.95 bits per heavy atom. The van der Waals surface area contributed by atoms with Crippen molar-refractivity contribution in [1.29, 1.82) is 0 Å². The average Bonchev–Trinajstić information content (AvgIpc) is 2.44. The largest absolute Gasteiger partial charge is 0.497 e. The van der Waals surface area contributed by atoms with E-state index < -0.39 is 18.5 Å². The molecule has 0 radical (unpaired) electrons. The predicted molar refractivity (Wildman–Crippen MR) is 69.3 cm³/mol. The summed E-state index contributed by atoms with van der Waals surface area (Å²) >= 11 is 0. The normalized spacial score (nSPS) is 9.95. The molecular weight excluding hydrogens is 248 g/mol. The first-order valence-electron chi connectivity index (χ1n) is 5.45.